The molecule has 0 aliphatic carbocycles. The molecule has 20 heavy (non-hydrogen) atoms. The van der Waals surface area contributed by atoms with E-state index < -0.39 is 5.82 Å². The zero-order valence-electron chi connectivity index (χ0n) is 11.4. The van der Waals surface area contributed by atoms with E-state index in [0.717, 1.165) is 25.1 Å². The first-order valence-electron chi connectivity index (χ1n) is 6.76. The van der Waals surface area contributed by atoms with Gasteiger partial charge in [0.25, 0.3) is 0 Å². The molecule has 0 saturated heterocycles. The molecule has 0 fully saturated rings. The van der Waals surface area contributed by atoms with E-state index in [2.05, 4.69) is 30.0 Å². The van der Waals surface area contributed by atoms with Gasteiger partial charge < -0.3 is 4.90 Å². The zero-order valence-corrected chi connectivity index (χ0v) is 11.4. The lowest BCUT2D eigenvalue weighted by Gasteiger charge is -2.32. The predicted octanol–water partition coefficient (Wildman–Crippen LogP) is 4.09. The van der Waals surface area contributed by atoms with Gasteiger partial charge in [-0.3, -0.25) is 0 Å². The molecule has 0 aromatic heterocycles. The van der Waals surface area contributed by atoms with Crippen LogP contribution in [0.25, 0.3) is 0 Å². The Kier molecular flexibility index (Phi) is 3.15. The molecule has 1 aliphatic rings. The maximum absolute atomic E-state index is 13.8. The number of anilines is 2. The molecule has 0 radical (unpaired) electrons. The quantitative estimate of drug-likeness (QED) is 0.777. The van der Waals surface area contributed by atoms with Gasteiger partial charge in [0.15, 0.2) is 0 Å². The molecule has 0 N–H and O–H groups in total. The van der Waals surface area contributed by atoms with E-state index in [1.54, 1.807) is 6.07 Å². The molecule has 2 aromatic carbocycles. The predicted molar refractivity (Wildman–Crippen MR) is 77.6 cm³/mol. The molecule has 2 nitrogen and oxygen atoms in total. The van der Waals surface area contributed by atoms with Gasteiger partial charge in [-0.1, -0.05) is 23.8 Å². The van der Waals surface area contributed by atoms with Crippen molar-refractivity contribution in [2.45, 2.75) is 19.8 Å². The van der Waals surface area contributed by atoms with Gasteiger partial charge in [0, 0.05) is 12.2 Å². The van der Waals surface area contributed by atoms with Crippen LogP contribution in [-0.4, -0.2) is 6.54 Å². The van der Waals surface area contributed by atoms with E-state index in [4.69, 9.17) is 0 Å². The molecule has 0 spiro atoms. The summed E-state index contributed by atoms with van der Waals surface area (Å²) in [5.41, 5.74) is 4.37. The average molecular weight is 266 g/mol. The number of nitriles is 1. The minimum Gasteiger partial charge on any atom is -0.340 e. The van der Waals surface area contributed by atoms with Crippen LogP contribution >= 0.6 is 0 Å². The van der Waals surface area contributed by atoms with Crippen molar-refractivity contribution in [2.75, 3.05) is 11.4 Å². The highest BCUT2D eigenvalue weighted by Crippen LogP contribution is 2.36. The summed E-state index contributed by atoms with van der Waals surface area (Å²) in [6, 6.07) is 13.1. The highest BCUT2D eigenvalue weighted by Gasteiger charge is 2.21. The summed E-state index contributed by atoms with van der Waals surface area (Å²) in [5.74, 6) is -0.454. The summed E-state index contributed by atoms with van der Waals surface area (Å²) in [7, 11) is 0. The fourth-order valence-electron chi connectivity index (χ4n) is 2.82. The SMILES string of the molecule is Cc1ccc2c(c1)CCCN2c1cccc(F)c1C#N. The molecular weight excluding hydrogens is 251 g/mol. The first-order valence-corrected chi connectivity index (χ1v) is 6.76. The third-order valence-electron chi connectivity index (χ3n) is 3.75. The molecule has 2 aromatic rings. The number of fused-ring (bicyclic) bond motifs is 1. The van der Waals surface area contributed by atoms with Crippen LogP contribution < -0.4 is 4.90 Å². The lowest BCUT2D eigenvalue weighted by Crippen LogP contribution is -2.25. The summed E-state index contributed by atoms with van der Waals surface area (Å²) in [5, 5.41) is 9.21. The minimum absolute atomic E-state index is 0.126. The van der Waals surface area contributed by atoms with Crippen molar-refractivity contribution in [3.8, 4) is 6.07 Å². The molecule has 0 amide bonds. The molecule has 0 atom stereocenters. The van der Waals surface area contributed by atoms with Crippen molar-refractivity contribution >= 4 is 11.4 Å². The average Bonchev–Trinajstić information content (AvgIpc) is 2.46. The van der Waals surface area contributed by atoms with Crippen molar-refractivity contribution in [3.63, 3.8) is 0 Å². The smallest absolute Gasteiger partial charge is 0.143 e. The maximum Gasteiger partial charge on any atom is 0.143 e. The number of hydrogen-bond donors (Lipinski definition) is 0. The van der Waals surface area contributed by atoms with Crippen LogP contribution in [0, 0.1) is 24.1 Å². The Balaban J connectivity index is 2.15. The lowest BCUT2D eigenvalue weighted by atomic mass is 9.98. The molecule has 1 heterocycles. The van der Waals surface area contributed by atoms with Gasteiger partial charge in [0.2, 0.25) is 0 Å². The van der Waals surface area contributed by atoms with Gasteiger partial charge in [-0.25, -0.2) is 4.39 Å². The fraction of sp³-hybridized carbons (Fsp3) is 0.235. The summed E-state index contributed by atoms with van der Waals surface area (Å²) in [6.45, 7) is 2.89. The first-order chi connectivity index (χ1) is 9.70. The van der Waals surface area contributed by atoms with Crippen molar-refractivity contribution in [3.05, 3.63) is 58.9 Å². The van der Waals surface area contributed by atoms with E-state index in [0.29, 0.717) is 5.69 Å². The Morgan fingerprint density at radius 3 is 2.85 bits per heavy atom. The van der Waals surface area contributed by atoms with Crippen molar-refractivity contribution in [1.82, 2.24) is 0 Å². The monoisotopic (exact) mass is 266 g/mol. The number of hydrogen-bond acceptors (Lipinski definition) is 2. The Labute approximate surface area is 118 Å². The largest absolute Gasteiger partial charge is 0.340 e. The van der Waals surface area contributed by atoms with Crippen LogP contribution in [0.5, 0.6) is 0 Å². The van der Waals surface area contributed by atoms with Crippen LogP contribution in [0.3, 0.4) is 0 Å². The highest BCUT2D eigenvalue weighted by atomic mass is 19.1. The van der Waals surface area contributed by atoms with Crippen LogP contribution in [-0.2, 0) is 6.42 Å². The van der Waals surface area contributed by atoms with Gasteiger partial charge >= 0.3 is 0 Å². The van der Waals surface area contributed by atoms with E-state index in [-0.39, 0.29) is 5.56 Å². The van der Waals surface area contributed by atoms with Gasteiger partial charge in [-0.15, -0.1) is 0 Å². The fourth-order valence-corrected chi connectivity index (χ4v) is 2.82. The van der Waals surface area contributed by atoms with Crippen LogP contribution in [0.15, 0.2) is 36.4 Å². The van der Waals surface area contributed by atoms with Gasteiger partial charge in [0.05, 0.1) is 5.69 Å². The van der Waals surface area contributed by atoms with E-state index in [1.807, 2.05) is 12.1 Å². The summed E-state index contributed by atoms with van der Waals surface area (Å²) >= 11 is 0. The molecule has 100 valence electrons. The number of rotatable bonds is 1. The second-order valence-corrected chi connectivity index (χ2v) is 5.13. The van der Waals surface area contributed by atoms with Crippen molar-refractivity contribution < 1.29 is 4.39 Å². The summed E-state index contributed by atoms with van der Waals surface area (Å²) in [6.07, 6.45) is 2.04. The molecule has 1 aliphatic heterocycles. The number of aryl methyl sites for hydroxylation is 2. The molecule has 3 heteroatoms. The van der Waals surface area contributed by atoms with Crippen molar-refractivity contribution in [1.29, 1.82) is 5.26 Å². The zero-order chi connectivity index (χ0) is 14.1. The van der Waals surface area contributed by atoms with Gasteiger partial charge in [0.1, 0.15) is 17.4 Å². The molecular formula is C17H15FN2. The second kappa shape index (κ2) is 4.97. The standard InChI is InChI=1S/C17H15FN2/c1-12-7-8-16-13(10-12)4-3-9-20(16)17-6-2-5-15(18)14(17)11-19/h2,5-8,10H,3-4,9H2,1H3. The Morgan fingerprint density at radius 1 is 1.20 bits per heavy atom. The van der Waals surface area contributed by atoms with E-state index in [9.17, 15) is 9.65 Å². The Morgan fingerprint density at radius 2 is 2.05 bits per heavy atom. The summed E-state index contributed by atoms with van der Waals surface area (Å²) < 4.78 is 13.8. The number of halogens is 1. The molecule has 0 saturated carbocycles. The van der Waals surface area contributed by atoms with Gasteiger partial charge in [-0.05, 0) is 43.5 Å². The second-order valence-electron chi connectivity index (χ2n) is 5.13. The summed E-state index contributed by atoms with van der Waals surface area (Å²) in [4.78, 5) is 2.06. The van der Waals surface area contributed by atoms with E-state index >= 15 is 0 Å². The number of nitrogens with zero attached hydrogens (tertiary/aromatic N) is 2. The first kappa shape index (κ1) is 12.7. The maximum atomic E-state index is 13.8. The van der Waals surface area contributed by atoms with Crippen LogP contribution in [0.2, 0.25) is 0 Å². The third kappa shape index (κ3) is 2.04. The number of benzene rings is 2. The lowest BCUT2D eigenvalue weighted by molar-refractivity contribution is 0.623. The van der Waals surface area contributed by atoms with Crippen LogP contribution in [0.4, 0.5) is 15.8 Å². The van der Waals surface area contributed by atoms with Crippen molar-refractivity contribution in [2.24, 2.45) is 0 Å². The Bertz CT molecular complexity index is 701. The van der Waals surface area contributed by atoms with Gasteiger partial charge in [-0.2, -0.15) is 5.26 Å². The molecule has 0 bridgehead atoms. The topological polar surface area (TPSA) is 27.0 Å². The minimum atomic E-state index is -0.454. The molecule has 3 rings (SSSR count). The molecule has 0 unspecified atom stereocenters. The highest BCUT2D eigenvalue weighted by molar-refractivity contribution is 5.72. The van der Waals surface area contributed by atoms with E-state index in [1.165, 1.54) is 17.2 Å². The normalized spacial score (nSPS) is 13.8. The Hall–Kier alpha value is -2.34. The van der Waals surface area contributed by atoms with Crippen LogP contribution in [0.1, 0.15) is 23.1 Å². The third-order valence-corrected chi connectivity index (χ3v) is 3.75.